The first-order valence-electron chi connectivity index (χ1n) is 8.39. The van der Waals surface area contributed by atoms with Crippen LogP contribution in [0.1, 0.15) is 32.3 Å². The van der Waals surface area contributed by atoms with Crippen LogP contribution >= 0.6 is 24.0 Å². The molecule has 1 aromatic rings. The van der Waals surface area contributed by atoms with Gasteiger partial charge in [0, 0.05) is 26.2 Å². The molecule has 0 amide bonds. The second-order valence-electron chi connectivity index (χ2n) is 6.00. The van der Waals surface area contributed by atoms with E-state index < -0.39 is 0 Å². The van der Waals surface area contributed by atoms with Crippen molar-refractivity contribution in [2.45, 2.75) is 33.1 Å². The highest BCUT2D eigenvalue weighted by atomic mass is 127. The van der Waals surface area contributed by atoms with Crippen molar-refractivity contribution >= 4 is 29.9 Å². The predicted molar refractivity (Wildman–Crippen MR) is 108 cm³/mol. The molecule has 5 heteroatoms. The third kappa shape index (κ3) is 6.57. The molecule has 0 spiro atoms. The van der Waals surface area contributed by atoms with Gasteiger partial charge in [0.05, 0.1) is 7.11 Å². The van der Waals surface area contributed by atoms with E-state index in [0.29, 0.717) is 0 Å². The fourth-order valence-corrected chi connectivity index (χ4v) is 2.73. The van der Waals surface area contributed by atoms with Crippen LogP contribution in [0.25, 0.3) is 0 Å². The molecule has 0 aliphatic carbocycles. The first-order chi connectivity index (χ1) is 10.7. The average molecular weight is 431 g/mol. The number of likely N-dealkylation sites (tertiary alicyclic amines) is 1. The molecule has 1 aliphatic rings. The maximum absolute atomic E-state index is 5.19. The van der Waals surface area contributed by atoms with Gasteiger partial charge < -0.3 is 15.0 Å². The molecule has 1 aromatic carbocycles. The van der Waals surface area contributed by atoms with E-state index in [1.165, 1.54) is 18.4 Å². The minimum absolute atomic E-state index is 0. The van der Waals surface area contributed by atoms with Crippen LogP contribution in [0.5, 0.6) is 5.75 Å². The zero-order chi connectivity index (χ0) is 15.8. The van der Waals surface area contributed by atoms with Crippen LogP contribution in [-0.2, 0) is 6.42 Å². The summed E-state index contributed by atoms with van der Waals surface area (Å²) < 4.78 is 5.19. The number of nitrogens with zero attached hydrogens (tertiary/aromatic N) is 2. The molecule has 0 unspecified atom stereocenters. The van der Waals surface area contributed by atoms with Crippen molar-refractivity contribution in [3.05, 3.63) is 29.8 Å². The molecule has 0 aromatic heterocycles. The number of ether oxygens (including phenoxy) is 1. The number of halogens is 1. The Hall–Kier alpha value is -0.980. The molecule has 1 N–H and O–H groups in total. The molecule has 130 valence electrons. The number of nitrogens with one attached hydrogen (secondary N) is 1. The fraction of sp³-hybridized carbons (Fsp3) is 0.611. The van der Waals surface area contributed by atoms with Crippen LogP contribution in [0.2, 0.25) is 0 Å². The Labute approximate surface area is 157 Å². The van der Waals surface area contributed by atoms with E-state index in [-0.39, 0.29) is 24.0 Å². The summed E-state index contributed by atoms with van der Waals surface area (Å²) in [4.78, 5) is 7.20. The van der Waals surface area contributed by atoms with E-state index in [1.54, 1.807) is 7.11 Å². The fourth-order valence-electron chi connectivity index (χ4n) is 2.73. The predicted octanol–water partition coefficient (Wildman–Crippen LogP) is 3.55. The second-order valence-corrected chi connectivity index (χ2v) is 6.00. The van der Waals surface area contributed by atoms with Gasteiger partial charge in [-0.15, -0.1) is 24.0 Å². The van der Waals surface area contributed by atoms with Crippen LogP contribution < -0.4 is 10.1 Å². The summed E-state index contributed by atoms with van der Waals surface area (Å²) >= 11 is 0. The van der Waals surface area contributed by atoms with E-state index in [1.807, 2.05) is 12.1 Å². The van der Waals surface area contributed by atoms with Gasteiger partial charge in [0.15, 0.2) is 5.96 Å². The van der Waals surface area contributed by atoms with E-state index in [2.05, 4.69) is 36.2 Å². The number of aliphatic imine (C=N–C) groups is 1. The lowest BCUT2D eigenvalue weighted by Crippen LogP contribution is -2.45. The van der Waals surface area contributed by atoms with Crippen LogP contribution in [-0.4, -0.2) is 44.1 Å². The standard InChI is InChI=1S/C18H29N3O.HI/c1-4-19-18(21-13-10-15(2)11-14-21)20-12-9-16-5-7-17(22-3)8-6-16;/h5-8,15H,4,9-14H2,1-3H3,(H,19,20);1H. The summed E-state index contributed by atoms with van der Waals surface area (Å²) in [7, 11) is 1.70. The van der Waals surface area contributed by atoms with Crippen molar-refractivity contribution in [3.8, 4) is 5.75 Å². The number of methoxy groups -OCH3 is 1. The first kappa shape index (κ1) is 20.1. The Morgan fingerprint density at radius 2 is 1.91 bits per heavy atom. The van der Waals surface area contributed by atoms with Gasteiger partial charge in [0.2, 0.25) is 0 Å². The largest absolute Gasteiger partial charge is 0.497 e. The van der Waals surface area contributed by atoms with Crippen molar-refractivity contribution in [1.29, 1.82) is 0 Å². The quantitative estimate of drug-likeness (QED) is 0.440. The van der Waals surface area contributed by atoms with Gasteiger partial charge in [0.25, 0.3) is 0 Å². The van der Waals surface area contributed by atoms with E-state index >= 15 is 0 Å². The van der Waals surface area contributed by atoms with Gasteiger partial charge in [-0.05, 0) is 49.8 Å². The summed E-state index contributed by atoms with van der Waals surface area (Å²) in [6.07, 6.45) is 3.49. The normalized spacial score (nSPS) is 16.0. The number of benzene rings is 1. The molecule has 23 heavy (non-hydrogen) atoms. The number of guanidine groups is 1. The SMILES string of the molecule is CCNC(=NCCc1ccc(OC)cc1)N1CCC(C)CC1.I. The molecule has 0 bridgehead atoms. The highest BCUT2D eigenvalue weighted by molar-refractivity contribution is 14.0. The van der Waals surface area contributed by atoms with Crippen molar-refractivity contribution in [3.63, 3.8) is 0 Å². The molecule has 1 heterocycles. The first-order valence-corrected chi connectivity index (χ1v) is 8.39. The number of rotatable bonds is 5. The van der Waals surface area contributed by atoms with Gasteiger partial charge in [0.1, 0.15) is 5.75 Å². The molecular weight excluding hydrogens is 401 g/mol. The second kappa shape index (κ2) is 10.7. The smallest absolute Gasteiger partial charge is 0.193 e. The summed E-state index contributed by atoms with van der Waals surface area (Å²) in [5.41, 5.74) is 1.30. The molecule has 0 saturated carbocycles. The molecule has 4 nitrogen and oxygen atoms in total. The van der Waals surface area contributed by atoms with Gasteiger partial charge in [-0.1, -0.05) is 19.1 Å². The number of hydrogen-bond donors (Lipinski definition) is 1. The van der Waals surface area contributed by atoms with Crippen LogP contribution in [0.3, 0.4) is 0 Å². The van der Waals surface area contributed by atoms with Crippen molar-refractivity contribution in [2.24, 2.45) is 10.9 Å². The minimum Gasteiger partial charge on any atom is -0.497 e. The van der Waals surface area contributed by atoms with E-state index in [9.17, 15) is 0 Å². The Kier molecular flexibility index (Phi) is 9.36. The van der Waals surface area contributed by atoms with Gasteiger partial charge in [-0.3, -0.25) is 4.99 Å². The lowest BCUT2D eigenvalue weighted by atomic mass is 10.00. The Bertz CT molecular complexity index is 468. The zero-order valence-electron chi connectivity index (χ0n) is 14.5. The highest BCUT2D eigenvalue weighted by Crippen LogP contribution is 2.16. The topological polar surface area (TPSA) is 36.9 Å². The minimum atomic E-state index is 0. The molecule has 2 rings (SSSR count). The summed E-state index contributed by atoms with van der Waals surface area (Å²) in [6.45, 7) is 8.45. The monoisotopic (exact) mass is 431 g/mol. The molecule has 1 aliphatic heterocycles. The highest BCUT2D eigenvalue weighted by Gasteiger charge is 2.18. The molecule has 1 saturated heterocycles. The van der Waals surface area contributed by atoms with Gasteiger partial charge in [-0.2, -0.15) is 0 Å². The third-order valence-electron chi connectivity index (χ3n) is 4.24. The summed E-state index contributed by atoms with van der Waals surface area (Å²) in [5, 5.41) is 3.43. The lowest BCUT2D eigenvalue weighted by molar-refractivity contribution is 0.273. The molecule has 1 fully saturated rings. The van der Waals surface area contributed by atoms with Gasteiger partial charge >= 0.3 is 0 Å². The van der Waals surface area contributed by atoms with E-state index in [4.69, 9.17) is 9.73 Å². The summed E-state index contributed by atoms with van der Waals surface area (Å²) in [6, 6.07) is 8.25. The van der Waals surface area contributed by atoms with Crippen LogP contribution in [0.4, 0.5) is 0 Å². The van der Waals surface area contributed by atoms with Crippen molar-refractivity contribution in [2.75, 3.05) is 33.3 Å². The number of piperidine rings is 1. The average Bonchev–Trinajstić information content (AvgIpc) is 2.55. The molecular formula is C18H30IN3O. The number of hydrogen-bond acceptors (Lipinski definition) is 2. The van der Waals surface area contributed by atoms with Crippen molar-refractivity contribution in [1.82, 2.24) is 10.2 Å². The van der Waals surface area contributed by atoms with Gasteiger partial charge in [-0.25, -0.2) is 0 Å². The molecule has 0 atom stereocenters. The third-order valence-corrected chi connectivity index (χ3v) is 4.24. The van der Waals surface area contributed by atoms with Crippen LogP contribution in [0, 0.1) is 5.92 Å². The Balaban J connectivity index is 0.00000264. The Morgan fingerprint density at radius 3 is 2.48 bits per heavy atom. The summed E-state index contributed by atoms with van der Waals surface area (Å²) in [5.74, 6) is 2.82. The maximum Gasteiger partial charge on any atom is 0.193 e. The maximum atomic E-state index is 5.19. The molecule has 0 radical (unpaired) electrons. The Morgan fingerprint density at radius 1 is 1.26 bits per heavy atom. The van der Waals surface area contributed by atoms with E-state index in [0.717, 1.165) is 50.2 Å². The van der Waals surface area contributed by atoms with Crippen LogP contribution in [0.15, 0.2) is 29.3 Å². The zero-order valence-corrected chi connectivity index (χ0v) is 16.9. The van der Waals surface area contributed by atoms with Crippen molar-refractivity contribution < 1.29 is 4.74 Å². The lowest BCUT2D eigenvalue weighted by Gasteiger charge is -2.33.